The van der Waals surface area contributed by atoms with Crippen molar-refractivity contribution in [3.8, 4) is 0 Å². The molecular weight excluding hydrogens is 114 g/mol. The van der Waals surface area contributed by atoms with Gasteiger partial charge >= 0.3 is 0 Å². The Balaban J connectivity index is 2.90. The summed E-state index contributed by atoms with van der Waals surface area (Å²) in [6.07, 6.45) is 5.15. The van der Waals surface area contributed by atoms with Crippen LogP contribution in [0.15, 0.2) is 22.7 Å². The number of carbonyl (C=O) groups excluding carboxylic acids is 1. The van der Waals surface area contributed by atoms with Crippen LogP contribution in [0.4, 0.5) is 0 Å². The van der Waals surface area contributed by atoms with Crippen LogP contribution in [0.2, 0.25) is 0 Å². The third-order valence-electron chi connectivity index (χ3n) is 1.24. The Morgan fingerprint density at radius 2 is 2.56 bits per heavy atom. The summed E-state index contributed by atoms with van der Waals surface area (Å²) in [6.45, 7) is 1.86. The summed E-state index contributed by atoms with van der Waals surface area (Å²) in [5, 5.41) is 0. The van der Waals surface area contributed by atoms with Crippen molar-refractivity contribution in [2.75, 3.05) is 0 Å². The van der Waals surface area contributed by atoms with E-state index in [-0.39, 0.29) is 6.04 Å². The van der Waals surface area contributed by atoms with E-state index >= 15 is 0 Å². The van der Waals surface area contributed by atoms with Gasteiger partial charge in [-0.15, -0.1) is 0 Å². The summed E-state index contributed by atoms with van der Waals surface area (Å²) in [7, 11) is 0. The molecule has 0 aliphatic carbocycles. The molecule has 0 aromatic heterocycles. The van der Waals surface area contributed by atoms with Crippen LogP contribution < -0.4 is 0 Å². The van der Waals surface area contributed by atoms with E-state index in [1.165, 1.54) is 0 Å². The van der Waals surface area contributed by atoms with Crippen LogP contribution in [0.3, 0.4) is 0 Å². The van der Waals surface area contributed by atoms with Crippen molar-refractivity contribution in [2.45, 2.75) is 13.0 Å². The molecule has 0 amide bonds. The lowest BCUT2D eigenvalue weighted by Crippen LogP contribution is -2.04. The first-order chi connectivity index (χ1) is 4.34. The molecule has 0 radical (unpaired) electrons. The van der Waals surface area contributed by atoms with Gasteiger partial charge in [0.2, 0.25) is 0 Å². The van der Waals surface area contributed by atoms with Crippen LogP contribution in [-0.2, 0) is 4.79 Å². The molecule has 0 aromatic rings. The first-order valence-electron chi connectivity index (χ1n) is 2.79. The largest absolute Gasteiger partial charge is 0.285 e. The summed E-state index contributed by atoms with van der Waals surface area (Å²) >= 11 is 0. The second-order valence-corrected chi connectivity index (χ2v) is 1.89. The second-order valence-electron chi connectivity index (χ2n) is 1.89. The van der Waals surface area contributed by atoms with E-state index in [0.717, 1.165) is 0 Å². The summed E-state index contributed by atoms with van der Waals surface area (Å²) in [5.74, 6) is 1.82. The van der Waals surface area contributed by atoms with E-state index < -0.39 is 0 Å². The molecule has 9 heavy (non-hydrogen) atoms. The minimum absolute atomic E-state index is 0.00694. The first-order valence-corrected chi connectivity index (χ1v) is 2.79. The maximum Gasteiger partial charge on any atom is 0.130 e. The highest BCUT2D eigenvalue weighted by Crippen LogP contribution is 2.06. The molecule has 0 bridgehead atoms. The van der Waals surface area contributed by atoms with Crippen LogP contribution in [-0.4, -0.2) is 18.2 Å². The minimum atomic E-state index is -0.00694. The molecular formula is C7H7NO. The molecule has 1 heterocycles. The van der Waals surface area contributed by atoms with Crippen molar-refractivity contribution in [1.82, 2.24) is 0 Å². The number of nitrogens with zero attached hydrogens (tertiary/aromatic N) is 1. The number of hydrogen-bond acceptors (Lipinski definition) is 2. The Hall–Kier alpha value is -1.14. The molecule has 0 saturated carbocycles. The summed E-state index contributed by atoms with van der Waals surface area (Å²) in [6, 6.07) is -0.00694. The van der Waals surface area contributed by atoms with Crippen molar-refractivity contribution in [2.24, 2.45) is 4.99 Å². The third kappa shape index (κ3) is 1.15. The standard InChI is InChI=1S/C7H7NO/c1-6-7(5-9)3-2-4-8-6/h2-4,6H,1H3. The normalized spacial score (nSPS) is 24.1. The molecule has 1 aliphatic heterocycles. The average molecular weight is 121 g/mol. The Bertz CT molecular complexity index is 209. The van der Waals surface area contributed by atoms with Crippen molar-refractivity contribution in [3.63, 3.8) is 0 Å². The number of allylic oxidation sites excluding steroid dienone is 1. The Morgan fingerprint density at radius 3 is 3.00 bits per heavy atom. The third-order valence-corrected chi connectivity index (χ3v) is 1.24. The minimum Gasteiger partial charge on any atom is -0.285 e. The zero-order valence-electron chi connectivity index (χ0n) is 5.16. The predicted molar refractivity (Wildman–Crippen MR) is 36.3 cm³/mol. The number of rotatable bonds is 0. The lowest BCUT2D eigenvalue weighted by Gasteiger charge is -2.04. The van der Waals surface area contributed by atoms with E-state index in [1.807, 2.05) is 12.9 Å². The fraction of sp³-hybridized carbons (Fsp3) is 0.286. The maximum absolute atomic E-state index is 10.1. The Labute approximate surface area is 53.6 Å². The van der Waals surface area contributed by atoms with Gasteiger partial charge in [-0.3, -0.25) is 4.99 Å². The molecule has 0 aromatic carbocycles. The molecule has 46 valence electrons. The summed E-state index contributed by atoms with van der Waals surface area (Å²) in [5.41, 5.74) is 0.623. The van der Waals surface area contributed by atoms with Crippen molar-refractivity contribution in [3.05, 3.63) is 17.7 Å². The van der Waals surface area contributed by atoms with Crippen LogP contribution in [0.5, 0.6) is 0 Å². The molecule has 0 N–H and O–H groups in total. The van der Waals surface area contributed by atoms with Crippen molar-refractivity contribution < 1.29 is 4.79 Å². The number of aliphatic imine (C=N–C) groups is 1. The van der Waals surface area contributed by atoms with Gasteiger partial charge in [0.1, 0.15) is 5.94 Å². The fourth-order valence-corrected chi connectivity index (χ4v) is 0.664. The van der Waals surface area contributed by atoms with Crippen LogP contribution in [0, 0.1) is 0 Å². The van der Waals surface area contributed by atoms with Gasteiger partial charge in [-0.2, -0.15) is 0 Å². The smallest absolute Gasteiger partial charge is 0.130 e. The molecule has 0 spiro atoms. The predicted octanol–water partition coefficient (Wildman–Crippen LogP) is 0.773. The molecule has 1 aliphatic rings. The first kappa shape index (κ1) is 5.99. The van der Waals surface area contributed by atoms with Crippen LogP contribution in [0.25, 0.3) is 0 Å². The molecule has 0 fully saturated rings. The van der Waals surface area contributed by atoms with Crippen molar-refractivity contribution in [1.29, 1.82) is 0 Å². The lowest BCUT2D eigenvalue weighted by atomic mass is 10.1. The van der Waals surface area contributed by atoms with Crippen molar-refractivity contribution >= 4 is 12.2 Å². The highest BCUT2D eigenvalue weighted by Gasteiger charge is 2.05. The molecule has 2 heteroatoms. The molecule has 1 rings (SSSR count). The molecule has 2 nitrogen and oxygen atoms in total. The van der Waals surface area contributed by atoms with E-state index in [1.54, 1.807) is 18.4 Å². The van der Waals surface area contributed by atoms with Gasteiger partial charge in [-0.05, 0) is 19.1 Å². The van der Waals surface area contributed by atoms with Gasteiger partial charge in [0, 0.05) is 6.21 Å². The number of dihydropyridines is 1. The van der Waals surface area contributed by atoms with Gasteiger partial charge in [0.25, 0.3) is 0 Å². The van der Waals surface area contributed by atoms with Gasteiger partial charge in [0.05, 0.1) is 11.6 Å². The zero-order chi connectivity index (χ0) is 6.69. The topological polar surface area (TPSA) is 29.4 Å². The quantitative estimate of drug-likeness (QED) is 0.435. The molecule has 0 saturated heterocycles. The van der Waals surface area contributed by atoms with Crippen LogP contribution in [0.1, 0.15) is 6.92 Å². The summed E-state index contributed by atoms with van der Waals surface area (Å²) < 4.78 is 0. The fourth-order valence-electron chi connectivity index (χ4n) is 0.664. The SMILES string of the molecule is CC1N=CC=CC1=C=O. The number of hydrogen-bond donors (Lipinski definition) is 0. The Morgan fingerprint density at radius 1 is 1.78 bits per heavy atom. The van der Waals surface area contributed by atoms with Gasteiger partial charge in [-0.1, -0.05) is 0 Å². The monoisotopic (exact) mass is 121 g/mol. The van der Waals surface area contributed by atoms with Crippen LogP contribution >= 0.6 is 0 Å². The van der Waals surface area contributed by atoms with Gasteiger partial charge in [-0.25, -0.2) is 4.79 Å². The molecule has 1 unspecified atom stereocenters. The highest BCUT2D eigenvalue weighted by molar-refractivity contribution is 5.77. The average Bonchev–Trinajstić information content (AvgIpc) is 1.89. The molecule has 1 atom stereocenters. The second kappa shape index (κ2) is 2.42. The zero-order valence-corrected chi connectivity index (χ0v) is 5.16. The maximum atomic E-state index is 10.1. The lowest BCUT2D eigenvalue weighted by molar-refractivity contribution is 0.566. The van der Waals surface area contributed by atoms with E-state index in [0.29, 0.717) is 5.57 Å². The highest BCUT2D eigenvalue weighted by atomic mass is 16.1. The summed E-state index contributed by atoms with van der Waals surface area (Å²) in [4.78, 5) is 14.1. The van der Waals surface area contributed by atoms with E-state index in [2.05, 4.69) is 4.99 Å². The van der Waals surface area contributed by atoms with Gasteiger partial charge < -0.3 is 0 Å². The van der Waals surface area contributed by atoms with E-state index in [4.69, 9.17) is 0 Å². The van der Waals surface area contributed by atoms with E-state index in [9.17, 15) is 4.79 Å². The Kier molecular flexibility index (Phi) is 1.61. The van der Waals surface area contributed by atoms with Gasteiger partial charge in [0.15, 0.2) is 0 Å².